The van der Waals surface area contributed by atoms with Crippen LogP contribution in [0.4, 0.5) is 0 Å². The van der Waals surface area contributed by atoms with Gasteiger partial charge in [0.2, 0.25) is 0 Å². The highest BCUT2D eigenvalue weighted by Crippen LogP contribution is 2.45. The van der Waals surface area contributed by atoms with Crippen molar-refractivity contribution in [3.63, 3.8) is 0 Å². The predicted molar refractivity (Wildman–Crippen MR) is 60.6 cm³/mol. The summed E-state index contributed by atoms with van der Waals surface area (Å²) < 4.78 is 5.27. The smallest absolute Gasteiger partial charge is 0.0681 e. The maximum Gasteiger partial charge on any atom is 0.0681 e. The topological polar surface area (TPSA) is 29.5 Å². The molecular formula is C13H20O2. The lowest BCUT2D eigenvalue weighted by atomic mass is 9.93. The summed E-state index contributed by atoms with van der Waals surface area (Å²) in [6.45, 7) is 1.11. The molecule has 0 saturated heterocycles. The molecule has 0 unspecified atom stereocenters. The summed E-state index contributed by atoms with van der Waals surface area (Å²) in [5.74, 6) is 1.33. The van der Waals surface area contributed by atoms with Gasteiger partial charge in [-0.2, -0.15) is 0 Å². The van der Waals surface area contributed by atoms with Gasteiger partial charge in [-0.3, -0.25) is 0 Å². The van der Waals surface area contributed by atoms with Crippen LogP contribution in [0.15, 0.2) is 23.3 Å². The Hall–Kier alpha value is -0.600. The molecular weight excluding hydrogens is 188 g/mol. The first-order valence-corrected chi connectivity index (χ1v) is 5.86. The fraction of sp³-hybridized carbons (Fsp3) is 0.692. The summed E-state index contributed by atoms with van der Waals surface area (Å²) in [4.78, 5) is 0. The lowest BCUT2D eigenvalue weighted by Gasteiger charge is -2.15. The number of hydrogen-bond acceptors (Lipinski definition) is 2. The monoisotopic (exact) mass is 208 g/mol. The second-order valence-corrected chi connectivity index (χ2v) is 4.50. The van der Waals surface area contributed by atoms with Crippen LogP contribution in [0.25, 0.3) is 0 Å². The third kappa shape index (κ3) is 2.16. The van der Waals surface area contributed by atoms with Crippen molar-refractivity contribution in [2.24, 2.45) is 11.8 Å². The lowest BCUT2D eigenvalue weighted by Crippen LogP contribution is -2.05. The van der Waals surface area contributed by atoms with E-state index in [0.29, 0.717) is 18.4 Å². The Kier molecular flexibility index (Phi) is 3.60. The van der Waals surface area contributed by atoms with Gasteiger partial charge in [0.05, 0.1) is 6.61 Å². The van der Waals surface area contributed by atoms with Crippen LogP contribution < -0.4 is 0 Å². The van der Waals surface area contributed by atoms with E-state index < -0.39 is 0 Å². The quantitative estimate of drug-likeness (QED) is 0.536. The average molecular weight is 208 g/mol. The zero-order chi connectivity index (χ0) is 10.7. The first kappa shape index (κ1) is 10.9. The number of allylic oxidation sites excluding steroid dienone is 3. The van der Waals surface area contributed by atoms with Crippen LogP contribution in [-0.4, -0.2) is 25.4 Å². The largest absolute Gasteiger partial charge is 0.396 e. The Bertz CT molecular complexity index is 278. The average Bonchev–Trinajstić information content (AvgIpc) is 2.81. The van der Waals surface area contributed by atoms with Gasteiger partial charge < -0.3 is 9.84 Å². The zero-order valence-corrected chi connectivity index (χ0v) is 9.41. The van der Waals surface area contributed by atoms with Gasteiger partial charge in [0.15, 0.2) is 0 Å². The fourth-order valence-corrected chi connectivity index (χ4v) is 2.82. The molecule has 0 fully saturated rings. The number of ether oxygens (including phenoxy) is 1. The van der Waals surface area contributed by atoms with Gasteiger partial charge in [0.25, 0.3) is 0 Å². The number of fused-ring (bicyclic) bond motifs is 2. The van der Waals surface area contributed by atoms with Gasteiger partial charge in [-0.15, -0.1) is 0 Å². The predicted octanol–water partition coefficient (Wildman–Crippen LogP) is 2.30. The van der Waals surface area contributed by atoms with Crippen LogP contribution in [0.2, 0.25) is 0 Å². The Morgan fingerprint density at radius 3 is 2.67 bits per heavy atom. The molecule has 2 atom stereocenters. The summed E-state index contributed by atoms with van der Waals surface area (Å²) in [6.07, 6.45) is 9.12. The second kappa shape index (κ2) is 4.95. The van der Waals surface area contributed by atoms with Crippen LogP contribution in [0.3, 0.4) is 0 Å². The first-order valence-electron chi connectivity index (χ1n) is 5.86. The van der Waals surface area contributed by atoms with E-state index in [-0.39, 0.29) is 0 Å². The minimum atomic E-state index is 0.316. The molecule has 2 rings (SSSR count). The molecule has 0 amide bonds. The van der Waals surface area contributed by atoms with Crippen molar-refractivity contribution >= 4 is 0 Å². The molecule has 0 aromatic rings. The Labute approximate surface area is 91.6 Å². The van der Waals surface area contributed by atoms with E-state index in [4.69, 9.17) is 9.84 Å². The van der Waals surface area contributed by atoms with E-state index in [9.17, 15) is 0 Å². The number of aliphatic hydroxyl groups excluding tert-OH is 1. The highest BCUT2D eigenvalue weighted by Gasteiger charge is 2.33. The zero-order valence-electron chi connectivity index (χ0n) is 9.41. The molecule has 84 valence electrons. The van der Waals surface area contributed by atoms with Gasteiger partial charge in [-0.25, -0.2) is 0 Å². The van der Waals surface area contributed by atoms with Crippen LogP contribution in [0.1, 0.15) is 25.7 Å². The Balaban J connectivity index is 1.98. The molecule has 0 spiro atoms. The maximum absolute atomic E-state index is 8.79. The summed E-state index contributed by atoms with van der Waals surface area (Å²) >= 11 is 0. The second-order valence-electron chi connectivity index (χ2n) is 4.50. The van der Waals surface area contributed by atoms with Gasteiger partial charge in [-0.1, -0.05) is 17.7 Å². The maximum atomic E-state index is 8.79. The molecule has 2 aliphatic carbocycles. The normalized spacial score (nSPS) is 28.1. The number of aliphatic hydroxyl groups is 1. The van der Waals surface area contributed by atoms with E-state index in [0.717, 1.165) is 25.9 Å². The lowest BCUT2D eigenvalue weighted by molar-refractivity contribution is 0.219. The molecule has 0 saturated carbocycles. The summed E-state index contributed by atoms with van der Waals surface area (Å²) in [6, 6.07) is 0. The van der Waals surface area contributed by atoms with Crippen molar-refractivity contribution in [1.82, 2.24) is 0 Å². The molecule has 2 aliphatic rings. The Morgan fingerprint density at radius 1 is 1.27 bits per heavy atom. The molecule has 2 bridgehead atoms. The van der Waals surface area contributed by atoms with Crippen molar-refractivity contribution in [3.05, 3.63) is 23.3 Å². The summed E-state index contributed by atoms with van der Waals surface area (Å²) in [7, 11) is 1.77. The third-order valence-corrected chi connectivity index (χ3v) is 3.55. The molecule has 2 heteroatoms. The SMILES string of the molecule is COCC1=C(CCCCO)[C@@H]2C=C[C@H]1C2. The van der Waals surface area contributed by atoms with E-state index >= 15 is 0 Å². The molecule has 1 N–H and O–H groups in total. The summed E-state index contributed by atoms with van der Waals surface area (Å²) in [5, 5.41) is 8.79. The molecule has 0 radical (unpaired) electrons. The van der Waals surface area contributed by atoms with Crippen molar-refractivity contribution in [3.8, 4) is 0 Å². The number of hydrogen-bond donors (Lipinski definition) is 1. The molecule has 0 aromatic carbocycles. The molecule has 0 heterocycles. The first-order chi connectivity index (χ1) is 7.36. The molecule has 15 heavy (non-hydrogen) atoms. The van der Waals surface area contributed by atoms with Crippen molar-refractivity contribution in [2.45, 2.75) is 25.7 Å². The van der Waals surface area contributed by atoms with Crippen LogP contribution >= 0.6 is 0 Å². The van der Waals surface area contributed by atoms with E-state index in [1.807, 2.05) is 0 Å². The van der Waals surface area contributed by atoms with Gasteiger partial charge in [0, 0.05) is 19.6 Å². The Morgan fingerprint density at radius 2 is 2.00 bits per heavy atom. The fourth-order valence-electron chi connectivity index (χ4n) is 2.82. The number of methoxy groups -OCH3 is 1. The van der Waals surface area contributed by atoms with Gasteiger partial charge >= 0.3 is 0 Å². The van der Waals surface area contributed by atoms with Crippen molar-refractivity contribution in [1.29, 1.82) is 0 Å². The highest BCUT2D eigenvalue weighted by molar-refractivity contribution is 5.37. The van der Waals surface area contributed by atoms with Crippen LogP contribution in [0.5, 0.6) is 0 Å². The minimum Gasteiger partial charge on any atom is -0.396 e. The van der Waals surface area contributed by atoms with Crippen LogP contribution in [0, 0.1) is 11.8 Å². The van der Waals surface area contributed by atoms with Gasteiger partial charge in [-0.05, 0) is 37.2 Å². The third-order valence-electron chi connectivity index (χ3n) is 3.55. The number of rotatable bonds is 6. The van der Waals surface area contributed by atoms with E-state index in [1.54, 1.807) is 12.7 Å². The number of unbranched alkanes of at least 4 members (excludes halogenated alkanes) is 1. The molecule has 0 aromatic heterocycles. The minimum absolute atomic E-state index is 0.316. The van der Waals surface area contributed by atoms with Crippen molar-refractivity contribution < 1.29 is 9.84 Å². The molecule has 2 nitrogen and oxygen atoms in total. The van der Waals surface area contributed by atoms with Gasteiger partial charge in [0.1, 0.15) is 0 Å². The van der Waals surface area contributed by atoms with E-state index in [2.05, 4.69) is 12.2 Å². The van der Waals surface area contributed by atoms with E-state index in [1.165, 1.54) is 12.0 Å². The van der Waals surface area contributed by atoms with Crippen molar-refractivity contribution in [2.75, 3.05) is 20.3 Å². The molecule has 0 aliphatic heterocycles. The standard InChI is InChI=1S/C13H20O2/c1-15-9-13-11-6-5-10(8-11)12(13)4-2-3-7-14/h5-6,10-11,14H,2-4,7-9H2,1H3/t10-,11+/m1/s1. The van der Waals surface area contributed by atoms with Crippen LogP contribution in [-0.2, 0) is 4.74 Å². The highest BCUT2D eigenvalue weighted by atomic mass is 16.5. The summed E-state index contributed by atoms with van der Waals surface area (Å²) in [5.41, 5.74) is 3.11.